The third-order valence-electron chi connectivity index (χ3n) is 5.59. The first-order valence-corrected chi connectivity index (χ1v) is 8.95. The van der Waals surface area contributed by atoms with Crippen LogP contribution in [0.2, 0.25) is 0 Å². The lowest BCUT2D eigenvalue weighted by molar-refractivity contribution is 0.187. The molecule has 0 amide bonds. The summed E-state index contributed by atoms with van der Waals surface area (Å²) < 4.78 is 1.86. The zero-order valence-corrected chi connectivity index (χ0v) is 13.7. The van der Waals surface area contributed by atoms with Gasteiger partial charge in [0.1, 0.15) is 0 Å². The van der Waals surface area contributed by atoms with Crippen LogP contribution in [-0.4, -0.2) is 27.7 Å². The van der Waals surface area contributed by atoms with Crippen molar-refractivity contribution in [3.05, 3.63) is 47.8 Å². The molecule has 6 heteroatoms. The van der Waals surface area contributed by atoms with Crippen LogP contribution in [0.1, 0.15) is 30.0 Å². The molecular formula is C17H19N5S. The molecule has 23 heavy (non-hydrogen) atoms. The van der Waals surface area contributed by atoms with E-state index in [0.29, 0.717) is 0 Å². The van der Waals surface area contributed by atoms with Gasteiger partial charge in [0.2, 0.25) is 10.1 Å². The summed E-state index contributed by atoms with van der Waals surface area (Å²) in [5.41, 5.74) is 9.67. The highest BCUT2D eigenvalue weighted by molar-refractivity contribution is 7.20. The number of piperidine rings is 1. The second-order valence-electron chi connectivity index (χ2n) is 6.74. The predicted octanol–water partition coefficient (Wildman–Crippen LogP) is 2.63. The summed E-state index contributed by atoms with van der Waals surface area (Å²) >= 11 is 1.66. The molecule has 5 nitrogen and oxygen atoms in total. The Morgan fingerprint density at radius 3 is 2.83 bits per heavy atom. The van der Waals surface area contributed by atoms with Crippen LogP contribution in [0, 0.1) is 5.41 Å². The number of imidazole rings is 1. The highest BCUT2D eigenvalue weighted by Gasteiger charge is 2.46. The Morgan fingerprint density at radius 1 is 1.22 bits per heavy atom. The fourth-order valence-corrected chi connectivity index (χ4v) is 5.12. The molecule has 2 aliphatic rings. The van der Waals surface area contributed by atoms with Crippen molar-refractivity contribution in [3.63, 3.8) is 0 Å². The Bertz CT molecular complexity index is 830. The number of fused-ring (bicyclic) bond motifs is 2. The maximum absolute atomic E-state index is 6.64. The number of nitrogens with zero attached hydrogens (tertiary/aromatic N) is 4. The smallest absolute Gasteiger partial charge is 0.213 e. The normalized spacial score (nSPS) is 22.8. The largest absolute Gasteiger partial charge is 0.347 e. The Hall–Kier alpha value is -1.92. The van der Waals surface area contributed by atoms with Gasteiger partial charge in [-0.15, -0.1) is 5.10 Å². The van der Waals surface area contributed by atoms with Gasteiger partial charge >= 0.3 is 0 Å². The zero-order valence-electron chi connectivity index (χ0n) is 12.9. The van der Waals surface area contributed by atoms with E-state index in [1.54, 1.807) is 17.5 Å². The van der Waals surface area contributed by atoms with E-state index in [9.17, 15) is 0 Å². The number of hydrogen-bond donors (Lipinski definition) is 1. The minimum absolute atomic E-state index is 0.175. The highest BCUT2D eigenvalue weighted by Crippen LogP contribution is 2.51. The maximum Gasteiger partial charge on any atom is 0.213 e. The summed E-state index contributed by atoms with van der Waals surface area (Å²) in [4.78, 5) is 7.67. The summed E-state index contributed by atoms with van der Waals surface area (Å²) in [5.74, 6) is 0. The van der Waals surface area contributed by atoms with Crippen molar-refractivity contribution in [1.82, 2.24) is 14.6 Å². The quantitative estimate of drug-likeness (QED) is 0.747. The molecule has 0 bridgehead atoms. The van der Waals surface area contributed by atoms with Crippen LogP contribution in [-0.2, 0) is 6.42 Å². The van der Waals surface area contributed by atoms with Crippen molar-refractivity contribution in [2.75, 3.05) is 18.0 Å². The molecule has 1 atom stereocenters. The number of aromatic nitrogens is 3. The molecule has 0 unspecified atom stereocenters. The van der Waals surface area contributed by atoms with E-state index in [4.69, 9.17) is 5.73 Å². The summed E-state index contributed by atoms with van der Waals surface area (Å²) in [5, 5.41) is 5.71. The molecular weight excluding hydrogens is 306 g/mol. The van der Waals surface area contributed by atoms with Gasteiger partial charge in [-0.2, -0.15) is 0 Å². The summed E-state index contributed by atoms with van der Waals surface area (Å²) in [7, 11) is 0. The first kappa shape index (κ1) is 13.5. The van der Waals surface area contributed by atoms with Gasteiger partial charge in [0.25, 0.3) is 0 Å². The van der Waals surface area contributed by atoms with Crippen LogP contribution in [0.25, 0.3) is 4.96 Å². The SMILES string of the molecule is N[C@@H]1c2ccccc2CC12CCN(c1nn3ccnc3s1)CC2. The molecule has 1 fully saturated rings. The fourth-order valence-electron chi connectivity index (χ4n) is 4.20. The first-order chi connectivity index (χ1) is 11.3. The Morgan fingerprint density at radius 2 is 2.04 bits per heavy atom. The predicted molar refractivity (Wildman–Crippen MR) is 91.8 cm³/mol. The first-order valence-electron chi connectivity index (χ1n) is 8.14. The molecule has 0 saturated carbocycles. The Labute approximate surface area is 138 Å². The van der Waals surface area contributed by atoms with Gasteiger partial charge in [-0.05, 0) is 35.8 Å². The van der Waals surface area contributed by atoms with E-state index in [1.165, 1.54) is 11.1 Å². The molecule has 1 aliphatic carbocycles. The standard InChI is InChI=1S/C17H19N5S/c18-14-13-4-2-1-3-12(13)11-17(14)5-8-21(9-6-17)16-20-22-10-7-19-15(22)23-16/h1-4,7,10,14H,5-6,8-9,11,18H2/t14-/m1/s1. The molecule has 3 aromatic rings. The molecule has 2 aromatic heterocycles. The second-order valence-corrected chi connectivity index (χ2v) is 7.68. The van der Waals surface area contributed by atoms with Crippen LogP contribution in [0.5, 0.6) is 0 Å². The van der Waals surface area contributed by atoms with Gasteiger partial charge in [0.15, 0.2) is 0 Å². The van der Waals surface area contributed by atoms with Crippen molar-refractivity contribution in [3.8, 4) is 0 Å². The number of anilines is 1. The van der Waals surface area contributed by atoms with Gasteiger partial charge in [-0.25, -0.2) is 9.50 Å². The van der Waals surface area contributed by atoms with Gasteiger partial charge in [-0.3, -0.25) is 0 Å². The average Bonchev–Trinajstić information content (AvgIpc) is 3.23. The molecule has 3 heterocycles. The molecule has 118 valence electrons. The maximum atomic E-state index is 6.64. The van der Waals surface area contributed by atoms with E-state index in [-0.39, 0.29) is 11.5 Å². The van der Waals surface area contributed by atoms with Gasteiger partial charge in [-0.1, -0.05) is 35.6 Å². The van der Waals surface area contributed by atoms with Crippen LogP contribution in [0.3, 0.4) is 0 Å². The molecule has 1 spiro atoms. The van der Waals surface area contributed by atoms with E-state index in [0.717, 1.165) is 42.4 Å². The third-order valence-corrected chi connectivity index (χ3v) is 6.58. The summed E-state index contributed by atoms with van der Waals surface area (Å²) in [6, 6.07) is 8.86. The van der Waals surface area contributed by atoms with E-state index in [1.807, 2.05) is 10.7 Å². The van der Waals surface area contributed by atoms with Gasteiger partial charge in [0.05, 0.1) is 6.20 Å². The third kappa shape index (κ3) is 1.95. The van der Waals surface area contributed by atoms with E-state index < -0.39 is 0 Å². The number of benzene rings is 1. The van der Waals surface area contributed by atoms with Crippen LogP contribution in [0.15, 0.2) is 36.7 Å². The minimum atomic E-state index is 0.175. The lowest BCUT2D eigenvalue weighted by Crippen LogP contribution is -2.44. The van der Waals surface area contributed by atoms with Crippen molar-refractivity contribution < 1.29 is 0 Å². The van der Waals surface area contributed by atoms with Gasteiger partial charge in [0, 0.05) is 25.3 Å². The number of nitrogens with two attached hydrogens (primary N) is 1. The Balaban J connectivity index is 1.38. The highest BCUT2D eigenvalue weighted by atomic mass is 32.1. The van der Waals surface area contributed by atoms with Crippen LogP contribution in [0.4, 0.5) is 5.13 Å². The van der Waals surface area contributed by atoms with Crippen molar-refractivity contribution in [1.29, 1.82) is 0 Å². The van der Waals surface area contributed by atoms with E-state index in [2.05, 4.69) is 39.2 Å². The minimum Gasteiger partial charge on any atom is -0.347 e. The van der Waals surface area contributed by atoms with Crippen LogP contribution < -0.4 is 10.6 Å². The molecule has 0 radical (unpaired) electrons. The topological polar surface area (TPSA) is 59.5 Å². The average molecular weight is 325 g/mol. The molecule has 1 aliphatic heterocycles. The number of hydrogen-bond acceptors (Lipinski definition) is 5. The fraction of sp³-hybridized carbons (Fsp3) is 0.412. The van der Waals surface area contributed by atoms with Crippen molar-refractivity contribution in [2.45, 2.75) is 25.3 Å². The summed E-state index contributed by atoms with van der Waals surface area (Å²) in [6.07, 6.45) is 7.09. The molecule has 1 saturated heterocycles. The molecule has 2 N–H and O–H groups in total. The second kappa shape index (κ2) is 4.79. The lowest BCUT2D eigenvalue weighted by atomic mass is 9.73. The molecule has 1 aromatic carbocycles. The monoisotopic (exact) mass is 325 g/mol. The van der Waals surface area contributed by atoms with E-state index >= 15 is 0 Å². The number of rotatable bonds is 1. The van der Waals surface area contributed by atoms with Gasteiger partial charge < -0.3 is 10.6 Å². The van der Waals surface area contributed by atoms with Crippen molar-refractivity contribution >= 4 is 21.4 Å². The molecule has 5 rings (SSSR count). The van der Waals surface area contributed by atoms with Crippen molar-refractivity contribution in [2.24, 2.45) is 11.1 Å². The lowest BCUT2D eigenvalue weighted by Gasteiger charge is -2.42. The van der Waals surface area contributed by atoms with Crippen LogP contribution >= 0.6 is 11.3 Å². The summed E-state index contributed by atoms with van der Waals surface area (Å²) in [6.45, 7) is 2.05. The Kier molecular flexibility index (Phi) is 2.81. The zero-order chi connectivity index (χ0) is 15.4.